The van der Waals surface area contributed by atoms with E-state index in [1.54, 1.807) is 12.1 Å². The number of nitrogens with zero attached hydrogens (tertiary/aromatic N) is 3. The number of rotatable bonds is 5. The highest BCUT2D eigenvalue weighted by atomic mass is 16.5. The predicted octanol–water partition coefficient (Wildman–Crippen LogP) is 1.08. The number of carbonyl (C=O) groups is 2. The molecule has 0 radical (unpaired) electrons. The lowest BCUT2D eigenvalue weighted by atomic mass is 10.2. The van der Waals surface area contributed by atoms with Gasteiger partial charge in [-0.1, -0.05) is 0 Å². The Morgan fingerprint density at radius 3 is 2.52 bits per heavy atom. The van der Waals surface area contributed by atoms with Crippen LogP contribution in [0.2, 0.25) is 0 Å². The topological polar surface area (TPSA) is 120 Å². The molecule has 27 heavy (non-hydrogen) atoms. The lowest BCUT2D eigenvalue weighted by Crippen LogP contribution is -2.36. The van der Waals surface area contributed by atoms with E-state index in [4.69, 9.17) is 15.2 Å². The van der Waals surface area contributed by atoms with Gasteiger partial charge in [-0.25, -0.2) is 14.8 Å². The summed E-state index contributed by atoms with van der Waals surface area (Å²) in [5.74, 6) is -1.30. The van der Waals surface area contributed by atoms with Crippen molar-refractivity contribution in [2.24, 2.45) is 0 Å². The second kappa shape index (κ2) is 8.45. The Morgan fingerprint density at radius 2 is 1.85 bits per heavy atom. The standard InChI is InChI=1S/C18H21N5O4/c1-12(27-18(25)15-16(19)21-7-6-20-15)17(24)22-13-2-4-14(5-3-13)23-8-10-26-11-9-23/h2-7,12H,8-11H2,1H3,(H2,19,21)(H,22,24)/t12-/m0/s1. The number of amides is 1. The lowest BCUT2D eigenvalue weighted by Gasteiger charge is -2.28. The number of carbonyl (C=O) groups excluding carboxylic acids is 2. The van der Waals surface area contributed by atoms with Crippen LogP contribution >= 0.6 is 0 Å². The maximum Gasteiger partial charge on any atom is 0.361 e. The molecule has 3 rings (SSSR count). The van der Waals surface area contributed by atoms with Gasteiger partial charge in [0.1, 0.15) is 0 Å². The Labute approximate surface area is 156 Å². The zero-order chi connectivity index (χ0) is 19.2. The number of nitrogens with one attached hydrogen (secondary N) is 1. The molecular formula is C18H21N5O4. The summed E-state index contributed by atoms with van der Waals surface area (Å²) in [5, 5.41) is 2.72. The van der Waals surface area contributed by atoms with Gasteiger partial charge in [0.2, 0.25) is 0 Å². The normalized spacial score (nSPS) is 15.1. The van der Waals surface area contributed by atoms with Crippen molar-refractivity contribution < 1.29 is 19.1 Å². The van der Waals surface area contributed by atoms with Gasteiger partial charge in [-0.2, -0.15) is 0 Å². The molecule has 1 aromatic carbocycles. The summed E-state index contributed by atoms with van der Waals surface area (Å²) in [4.78, 5) is 34.1. The quantitative estimate of drug-likeness (QED) is 0.749. The predicted molar refractivity (Wildman–Crippen MR) is 99.4 cm³/mol. The highest BCUT2D eigenvalue weighted by Crippen LogP contribution is 2.19. The molecule has 9 nitrogen and oxygen atoms in total. The average molecular weight is 371 g/mol. The number of esters is 1. The van der Waals surface area contributed by atoms with Gasteiger partial charge in [0.15, 0.2) is 17.6 Å². The van der Waals surface area contributed by atoms with E-state index < -0.39 is 18.0 Å². The van der Waals surface area contributed by atoms with Crippen LogP contribution in [0.15, 0.2) is 36.7 Å². The van der Waals surface area contributed by atoms with Crippen LogP contribution in [-0.2, 0) is 14.3 Å². The minimum Gasteiger partial charge on any atom is -0.448 e. The van der Waals surface area contributed by atoms with Crippen LogP contribution in [0, 0.1) is 0 Å². The zero-order valence-corrected chi connectivity index (χ0v) is 14.9. The summed E-state index contributed by atoms with van der Waals surface area (Å²) in [7, 11) is 0. The highest BCUT2D eigenvalue weighted by molar-refractivity contribution is 5.98. The number of morpholine rings is 1. The molecule has 0 unspecified atom stereocenters. The smallest absolute Gasteiger partial charge is 0.361 e. The summed E-state index contributed by atoms with van der Waals surface area (Å²) in [6.07, 6.45) is 1.68. The van der Waals surface area contributed by atoms with Crippen LogP contribution in [0.25, 0.3) is 0 Å². The van der Waals surface area contributed by atoms with Crippen molar-refractivity contribution >= 4 is 29.1 Å². The highest BCUT2D eigenvalue weighted by Gasteiger charge is 2.22. The number of nitrogens with two attached hydrogens (primary N) is 1. The van der Waals surface area contributed by atoms with E-state index in [9.17, 15) is 9.59 Å². The maximum absolute atomic E-state index is 12.3. The van der Waals surface area contributed by atoms with Gasteiger partial charge >= 0.3 is 5.97 Å². The van der Waals surface area contributed by atoms with E-state index >= 15 is 0 Å². The molecule has 3 N–H and O–H groups in total. The van der Waals surface area contributed by atoms with Gasteiger partial charge in [-0.3, -0.25) is 4.79 Å². The van der Waals surface area contributed by atoms with Crippen molar-refractivity contribution in [2.75, 3.05) is 42.3 Å². The fourth-order valence-corrected chi connectivity index (χ4v) is 2.60. The number of hydrogen-bond acceptors (Lipinski definition) is 8. The molecule has 1 aromatic heterocycles. The van der Waals surface area contributed by atoms with Crippen molar-refractivity contribution in [2.45, 2.75) is 13.0 Å². The molecule has 0 spiro atoms. The van der Waals surface area contributed by atoms with E-state index in [-0.39, 0.29) is 11.5 Å². The number of ether oxygens (including phenoxy) is 2. The molecule has 0 saturated carbocycles. The Morgan fingerprint density at radius 1 is 1.19 bits per heavy atom. The van der Waals surface area contributed by atoms with E-state index in [1.165, 1.54) is 19.3 Å². The number of hydrogen-bond donors (Lipinski definition) is 2. The van der Waals surface area contributed by atoms with Crippen molar-refractivity contribution in [3.8, 4) is 0 Å². The summed E-state index contributed by atoms with van der Waals surface area (Å²) in [5.41, 5.74) is 7.14. The molecule has 0 aliphatic carbocycles. The van der Waals surface area contributed by atoms with Gasteiger partial charge in [0.25, 0.3) is 5.91 Å². The Balaban J connectivity index is 1.56. The Kier molecular flexibility index (Phi) is 5.82. The molecule has 1 saturated heterocycles. The molecule has 9 heteroatoms. The summed E-state index contributed by atoms with van der Waals surface area (Å²) in [6.45, 7) is 4.56. The number of benzene rings is 1. The minimum absolute atomic E-state index is 0.0474. The van der Waals surface area contributed by atoms with Crippen LogP contribution in [0.5, 0.6) is 0 Å². The van der Waals surface area contributed by atoms with Gasteiger partial charge in [0.05, 0.1) is 13.2 Å². The monoisotopic (exact) mass is 371 g/mol. The SMILES string of the molecule is C[C@H](OC(=O)c1nccnc1N)C(=O)Nc1ccc(N2CCOCC2)cc1. The van der Waals surface area contributed by atoms with Crippen molar-refractivity contribution in [3.63, 3.8) is 0 Å². The Hall–Kier alpha value is -3.20. The third kappa shape index (κ3) is 4.70. The summed E-state index contributed by atoms with van der Waals surface area (Å²) < 4.78 is 10.5. The third-order valence-electron chi connectivity index (χ3n) is 4.08. The molecule has 1 aliphatic heterocycles. The minimum atomic E-state index is -1.02. The zero-order valence-electron chi connectivity index (χ0n) is 14.9. The fourth-order valence-electron chi connectivity index (χ4n) is 2.60. The molecule has 0 bridgehead atoms. The van der Waals surface area contributed by atoms with Crippen molar-refractivity contribution in [1.82, 2.24) is 9.97 Å². The average Bonchev–Trinajstić information content (AvgIpc) is 2.69. The molecule has 142 valence electrons. The first-order chi connectivity index (χ1) is 13.0. The molecular weight excluding hydrogens is 350 g/mol. The molecule has 1 aliphatic rings. The van der Waals surface area contributed by atoms with Gasteiger partial charge < -0.3 is 25.4 Å². The number of nitrogen functional groups attached to an aromatic ring is 1. The maximum atomic E-state index is 12.3. The second-order valence-corrected chi connectivity index (χ2v) is 5.97. The first kappa shape index (κ1) is 18.6. The number of anilines is 3. The van der Waals surface area contributed by atoms with E-state index in [0.29, 0.717) is 18.9 Å². The lowest BCUT2D eigenvalue weighted by molar-refractivity contribution is -0.123. The van der Waals surface area contributed by atoms with Crippen LogP contribution < -0.4 is 16.0 Å². The molecule has 1 atom stereocenters. The third-order valence-corrected chi connectivity index (χ3v) is 4.08. The largest absolute Gasteiger partial charge is 0.448 e. The van der Waals surface area contributed by atoms with E-state index in [1.807, 2.05) is 12.1 Å². The van der Waals surface area contributed by atoms with E-state index in [2.05, 4.69) is 20.2 Å². The summed E-state index contributed by atoms with van der Waals surface area (Å²) >= 11 is 0. The van der Waals surface area contributed by atoms with Gasteiger partial charge in [0, 0.05) is 36.9 Å². The first-order valence-corrected chi connectivity index (χ1v) is 8.55. The van der Waals surface area contributed by atoms with Crippen LogP contribution in [-0.4, -0.2) is 54.3 Å². The van der Waals surface area contributed by atoms with Crippen molar-refractivity contribution in [1.29, 1.82) is 0 Å². The summed E-state index contributed by atoms with van der Waals surface area (Å²) in [6, 6.07) is 7.46. The van der Waals surface area contributed by atoms with E-state index in [0.717, 1.165) is 18.8 Å². The molecule has 2 aromatic rings. The van der Waals surface area contributed by atoms with Gasteiger partial charge in [-0.15, -0.1) is 0 Å². The molecule has 2 heterocycles. The fraction of sp³-hybridized carbons (Fsp3) is 0.333. The Bertz CT molecular complexity index is 806. The first-order valence-electron chi connectivity index (χ1n) is 8.55. The molecule has 1 amide bonds. The van der Waals surface area contributed by atoms with Gasteiger partial charge in [-0.05, 0) is 31.2 Å². The van der Waals surface area contributed by atoms with Crippen LogP contribution in [0.4, 0.5) is 17.2 Å². The number of aromatic nitrogens is 2. The van der Waals surface area contributed by atoms with Crippen molar-refractivity contribution in [3.05, 3.63) is 42.4 Å². The second-order valence-electron chi connectivity index (χ2n) is 5.97. The van der Waals surface area contributed by atoms with Crippen LogP contribution in [0.1, 0.15) is 17.4 Å². The van der Waals surface area contributed by atoms with Crippen LogP contribution in [0.3, 0.4) is 0 Å². The molecule has 1 fully saturated rings.